The van der Waals surface area contributed by atoms with Crippen LogP contribution in [0.3, 0.4) is 0 Å². The van der Waals surface area contributed by atoms with Crippen LogP contribution in [0, 0.1) is 0 Å². The number of benzene rings is 2. The van der Waals surface area contributed by atoms with E-state index in [0.717, 1.165) is 12.8 Å². The Bertz CT molecular complexity index is 1240. The fraction of sp³-hybridized carbons (Fsp3) is 0.286. The van der Waals surface area contributed by atoms with Gasteiger partial charge in [-0.25, -0.2) is 8.42 Å². The van der Waals surface area contributed by atoms with Crippen molar-refractivity contribution in [3.05, 3.63) is 60.0 Å². The molecule has 1 saturated heterocycles. The van der Waals surface area contributed by atoms with Crippen molar-refractivity contribution in [2.75, 3.05) is 25.0 Å². The molecule has 2 aromatic carbocycles. The monoisotopic (exact) mass is 456 g/mol. The standard InChI is InChI=1S/C21H20N4O6S/c26-19(14-7-9-15(10-8-14)32(27,28)25-11-3-4-12-25)22-21-24-23-20(31-21)18-13-29-16-5-1-2-6-17(16)30-18/h1-2,5-10,18H,3-4,11-13H2,(H,22,24,26). The summed E-state index contributed by atoms with van der Waals surface area (Å²) < 4.78 is 43.6. The van der Waals surface area contributed by atoms with Crippen molar-refractivity contribution >= 4 is 21.9 Å². The SMILES string of the molecule is O=C(Nc1nnc(C2COc3ccccc3O2)o1)c1ccc(S(=O)(=O)N2CCCC2)cc1. The maximum atomic E-state index is 12.6. The topological polar surface area (TPSA) is 124 Å². The molecule has 1 atom stereocenters. The van der Waals surface area contributed by atoms with Crippen molar-refractivity contribution < 1.29 is 27.1 Å². The zero-order valence-corrected chi connectivity index (χ0v) is 17.7. The number of sulfonamides is 1. The highest BCUT2D eigenvalue weighted by Gasteiger charge is 2.29. The average molecular weight is 456 g/mol. The molecule has 32 heavy (non-hydrogen) atoms. The van der Waals surface area contributed by atoms with Gasteiger partial charge in [0.05, 0.1) is 4.90 Å². The molecule has 0 saturated carbocycles. The molecular formula is C21H20N4O6S. The molecule has 10 nitrogen and oxygen atoms in total. The van der Waals surface area contributed by atoms with Gasteiger partial charge in [0.2, 0.25) is 16.1 Å². The number of para-hydroxylation sites is 2. The number of amides is 1. The van der Waals surface area contributed by atoms with E-state index in [2.05, 4.69) is 15.5 Å². The number of hydrogen-bond donors (Lipinski definition) is 1. The van der Waals surface area contributed by atoms with Crippen LogP contribution in [0.15, 0.2) is 57.8 Å². The van der Waals surface area contributed by atoms with E-state index in [4.69, 9.17) is 13.9 Å². The molecule has 11 heteroatoms. The third-order valence-corrected chi connectivity index (χ3v) is 7.18. The Kier molecular flexibility index (Phi) is 5.27. The molecule has 0 aliphatic carbocycles. The van der Waals surface area contributed by atoms with Crippen LogP contribution in [-0.2, 0) is 10.0 Å². The van der Waals surface area contributed by atoms with Crippen molar-refractivity contribution in [3.8, 4) is 11.5 Å². The highest BCUT2D eigenvalue weighted by Crippen LogP contribution is 2.35. The lowest BCUT2D eigenvalue weighted by Gasteiger charge is -2.23. The van der Waals surface area contributed by atoms with Crippen molar-refractivity contribution in [2.45, 2.75) is 23.8 Å². The molecule has 0 bridgehead atoms. The van der Waals surface area contributed by atoms with Gasteiger partial charge in [0.1, 0.15) is 6.61 Å². The van der Waals surface area contributed by atoms with E-state index in [1.54, 1.807) is 12.1 Å². The molecular weight excluding hydrogens is 436 g/mol. The summed E-state index contributed by atoms with van der Waals surface area (Å²) in [4.78, 5) is 12.7. The number of anilines is 1. The maximum absolute atomic E-state index is 12.6. The van der Waals surface area contributed by atoms with Gasteiger partial charge in [0.15, 0.2) is 11.5 Å². The van der Waals surface area contributed by atoms with Crippen molar-refractivity contribution in [3.63, 3.8) is 0 Å². The molecule has 2 aliphatic rings. The number of nitrogens with one attached hydrogen (secondary N) is 1. The Balaban J connectivity index is 1.25. The van der Waals surface area contributed by atoms with Gasteiger partial charge in [-0.3, -0.25) is 10.1 Å². The molecule has 1 fully saturated rings. The Labute approximate surface area is 184 Å². The molecule has 3 heterocycles. The van der Waals surface area contributed by atoms with E-state index in [1.807, 2.05) is 12.1 Å². The van der Waals surface area contributed by atoms with Gasteiger partial charge in [-0.15, -0.1) is 5.10 Å². The van der Waals surface area contributed by atoms with E-state index in [9.17, 15) is 13.2 Å². The Morgan fingerprint density at radius 1 is 1.00 bits per heavy atom. The predicted molar refractivity (Wildman–Crippen MR) is 112 cm³/mol. The largest absolute Gasteiger partial charge is 0.485 e. The number of nitrogens with zero attached hydrogens (tertiary/aromatic N) is 3. The lowest BCUT2D eigenvalue weighted by atomic mass is 10.2. The first-order valence-corrected chi connectivity index (χ1v) is 11.6. The van der Waals surface area contributed by atoms with Crippen LogP contribution in [0.1, 0.15) is 35.2 Å². The van der Waals surface area contributed by atoms with Gasteiger partial charge < -0.3 is 13.9 Å². The Morgan fingerprint density at radius 3 is 2.47 bits per heavy atom. The summed E-state index contributed by atoms with van der Waals surface area (Å²) in [5, 5.41) is 10.3. The van der Waals surface area contributed by atoms with E-state index in [-0.39, 0.29) is 29.0 Å². The molecule has 166 valence electrons. The maximum Gasteiger partial charge on any atom is 0.322 e. The first kappa shape index (κ1) is 20.5. The molecule has 1 N–H and O–H groups in total. The van der Waals surface area contributed by atoms with Crippen molar-refractivity contribution in [1.29, 1.82) is 0 Å². The normalized spacial score (nSPS) is 18.4. The first-order chi connectivity index (χ1) is 15.5. The second-order valence-corrected chi connectivity index (χ2v) is 9.34. The van der Waals surface area contributed by atoms with Gasteiger partial charge in [0.25, 0.3) is 11.8 Å². The molecule has 2 aliphatic heterocycles. The van der Waals surface area contributed by atoms with Crippen LogP contribution in [0.5, 0.6) is 11.5 Å². The number of carbonyl (C=O) groups is 1. The minimum absolute atomic E-state index is 0.0961. The summed E-state index contributed by atoms with van der Waals surface area (Å²) >= 11 is 0. The van der Waals surface area contributed by atoms with Crippen LogP contribution in [0.25, 0.3) is 0 Å². The highest BCUT2D eigenvalue weighted by molar-refractivity contribution is 7.89. The van der Waals surface area contributed by atoms with Crippen LogP contribution < -0.4 is 14.8 Å². The molecule has 1 unspecified atom stereocenters. The van der Waals surface area contributed by atoms with E-state index in [1.165, 1.54) is 28.6 Å². The average Bonchev–Trinajstić information content (AvgIpc) is 3.52. The van der Waals surface area contributed by atoms with Crippen LogP contribution in [0.4, 0.5) is 6.01 Å². The third-order valence-electron chi connectivity index (χ3n) is 5.26. The summed E-state index contributed by atoms with van der Waals surface area (Å²) in [6.07, 6.45) is 1.12. The van der Waals surface area contributed by atoms with Gasteiger partial charge in [-0.05, 0) is 49.2 Å². The minimum Gasteiger partial charge on any atom is -0.485 e. The van der Waals surface area contributed by atoms with Gasteiger partial charge in [0, 0.05) is 18.7 Å². The van der Waals surface area contributed by atoms with E-state index >= 15 is 0 Å². The van der Waals surface area contributed by atoms with Crippen molar-refractivity contribution in [1.82, 2.24) is 14.5 Å². The number of hydrogen-bond acceptors (Lipinski definition) is 8. The van der Waals surface area contributed by atoms with Crippen LogP contribution in [-0.4, -0.2) is 48.5 Å². The number of fused-ring (bicyclic) bond motifs is 1. The molecule has 5 rings (SSSR count). The highest BCUT2D eigenvalue weighted by atomic mass is 32.2. The second kappa shape index (κ2) is 8.24. The smallest absolute Gasteiger partial charge is 0.322 e. The number of aromatic nitrogens is 2. The number of rotatable bonds is 5. The van der Waals surface area contributed by atoms with E-state index < -0.39 is 22.0 Å². The fourth-order valence-electron chi connectivity index (χ4n) is 3.58. The Morgan fingerprint density at radius 2 is 1.72 bits per heavy atom. The fourth-order valence-corrected chi connectivity index (χ4v) is 5.10. The summed E-state index contributed by atoms with van der Waals surface area (Å²) in [7, 11) is -3.54. The zero-order valence-electron chi connectivity index (χ0n) is 16.9. The summed E-state index contributed by atoms with van der Waals surface area (Å²) in [5.74, 6) is 0.863. The number of carbonyl (C=O) groups excluding carboxylic acids is 1. The molecule has 0 radical (unpaired) electrons. The lowest BCUT2D eigenvalue weighted by Crippen LogP contribution is -2.27. The summed E-state index contributed by atoms with van der Waals surface area (Å²) in [5.41, 5.74) is 0.260. The van der Waals surface area contributed by atoms with E-state index in [0.29, 0.717) is 24.6 Å². The third kappa shape index (κ3) is 3.92. The summed E-state index contributed by atoms with van der Waals surface area (Å²) in [6, 6.07) is 12.9. The predicted octanol–water partition coefficient (Wildman–Crippen LogP) is 2.62. The van der Waals surface area contributed by atoms with Gasteiger partial charge in [-0.2, -0.15) is 4.31 Å². The zero-order chi connectivity index (χ0) is 22.1. The molecule has 0 spiro atoms. The number of ether oxygens (including phenoxy) is 2. The second-order valence-electron chi connectivity index (χ2n) is 7.40. The first-order valence-electron chi connectivity index (χ1n) is 10.1. The van der Waals surface area contributed by atoms with Gasteiger partial charge in [-0.1, -0.05) is 17.2 Å². The van der Waals surface area contributed by atoms with Crippen LogP contribution in [0.2, 0.25) is 0 Å². The minimum atomic E-state index is -3.54. The van der Waals surface area contributed by atoms with Crippen molar-refractivity contribution in [2.24, 2.45) is 0 Å². The van der Waals surface area contributed by atoms with Crippen LogP contribution >= 0.6 is 0 Å². The van der Waals surface area contributed by atoms with Gasteiger partial charge >= 0.3 is 6.01 Å². The quantitative estimate of drug-likeness (QED) is 0.621. The molecule has 1 amide bonds. The summed E-state index contributed by atoms with van der Waals surface area (Å²) in [6.45, 7) is 1.23. The lowest BCUT2D eigenvalue weighted by molar-refractivity contribution is 0.0716. The molecule has 1 aromatic heterocycles. The Hall–Kier alpha value is -3.44. The molecule has 3 aromatic rings.